The molecule has 2 aromatic carbocycles. The van der Waals surface area contributed by atoms with Crippen LogP contribution in [0.5, 0.6) is 0 Å². The zero-order valence-electron chi connectivity index (χ0n) is 12.1. The molecule has 0 radical (unpaired) electrons. The molecule has 2 aromatic rings. The number of rotatable bonds is 3. The van der Waals surface area contributed by atoms with Gasteiger partial charge in [0.1, 0.15) is 0 Å². The molecule has 0 fully saturated rings. The molecule has 1 N–H and O–H groups in total. The molecule has 23 heavy (non-hydrogen) atoms. The first-order chi connectivity index (χ1) is 11.0. The summed E-state index contributed by atoms with van der Waals surface area (Å²) in [7, 11) is 1.21. The van der Waals surface area contributed by atoms with Crippen molar-refractivity contribution in [2.24, 2.45) is 0 Å². The van der Waals surface area contributed by atoms with Crippen molar-refractivity contribution in [2.45, 2.75) is 5.72 Å². The van der Waals surface area contributed by atoms with Crippen molar-refractivity contribution >= 4 is 29.1 Å². The van der Waals surface area contributed by atoms with Crippen LogP contribution in [0.1, 0.15) is 31.1 Å². The molecule has 5 nitrogen and oxygen atoms in total. The number of carbonyl (C=O) groups is 3. The first-order valence-corrected chi connectivity index (χ1v) is 7.19. The van der Waals surface area contributed by atoms with E-state index in [-0.39, 0.29) is 16.7 Å². The summed E-state index contributed by atoms with van der Waals surface area (Å²) in [5.74, 6) is -1.80. The summed E-state index contributed by atoms with van der Waals surface area (Å²) in [6.07, 6.45) is 0. The number of benzene rings is 2. The molecule has 1 aliphatic carbocycles. The number of nitrogens with one attached hydrogen (secondary N) is 1. The van der Waals surface area contributed by atoms with Crippen molar-refractivity contribution in [3.8, 4) is 0 Å². The highest BCUT2D eigenvalue weighted by atomic mass is 35.5. The molecule has 0 saturated heterocycles. The van der Waals surface area contributed by atoms with Gasteiger partial charge in [0.25, 0.3) is 11.6 Å². The zero-order chi connectivity index (χ0) is 16.6. The maximum absolute atomic E-state index is 12.6. The van der Waals surface area contributed by atoms with E-state index in [2.05, 4.69) is 5.32 Å². The fourth-order valence-corrected chi connectivity index (χ4v) is 2.76. The number of ether oxygens (including phenoxy) is 1. The maximum atomic E-state index is 12.6. The number of halogens is 1. The van der Waals surface area contributed by atoms with E-state index in [1.807, 2.05) is 0 Å². The van der Waals surface area contributed by atoms with Gasteiger partial charge in [-0.2, -0.15) is 0 Å². The highest BCUT2D eigenvalue weighted by Crippen LogP contribution is 2.31. The summed E-state index contributed by atoms with van der Waals surface area (Å²) < 4.78 is 5.16. The molecule has 0 unspecified atom stereocenters. The summed E-state index contributed by atoms with van der Waals surface area (Å²) >= 11 is 5.86. The first kappa shape index (κ1) is 15.4. The molecular weight excluding hydrogens is 318 g/mol. The van der Waals surface area contributed by atoms with E-state index in [0.29, 0.717) is 5.02 Å². The van der Waals surface area contributed by atoms with E-state index in [1.54, 1.807) is 24.3 Å². The van der Waals surface area contributed by atoms with Crippen LogP contribution in [0.2, 0.25) is 5.02 Å². The van der Waals surface area contributed by atoms with Crippen molar-refractivity contribution < 1.29 is 19.1 Å². The van der Waals surface area contributed by atoms with Crippen LogP contribution in [0.3, 0.4) is 0 Å². The van der Waals surface area contributed by atoms with Gasteiger partial charge in [-0.1, -0.05) is 41.9 Å². The lowest BCUT2D eigenvalue weighted by Crippen LogP contribution is -2.58. The minimum Gasteiger partial charge on any atom is -0.346 e. The van der Waals surface area contributed by atoms with E-state index in [0.717, 1.165) is 0 Å². The smallest absolute Gasteiger partial charge is 0.270 e. The SMILES string of the molecule is COC1(NC(=O)c2cccc(Cl)c2)C(=O)c2ccccc2C1=O. The zero-order valence-corrected chi connectivity index (χ0v) is 12.9. The summed E-state index contributed by atoms with van der Waals surface area (Å²) in [6.45, 7) is 0. The van der Waals surface area contributed by atoms with E-state index in [4.69, 9.17) is 16.3 Å². The van der Waals surface area contributed by atoms with Gasteiger partial charge >= 0.3 is 0 Å². The van der Waals surface area contributed by atoms with Gasteiger partial charge in [-0.3, -0.25) is 14.4 Å². The molecule has 0 atom stereocenters. The quantitative estimate of drug-likeness (QED) is 0.693. The van der Waals surface area contributed by atoms with E-state index in [1.165, 1.54) is 31.4 Å². The molecule has 1 amide bonds. The highest BCUT2D eigenvalue weighted by Gasteiger charge is 2.55. The van der Waals surface area contributed by atoms with Crippen LogP contribution in [0.15, 0.2) is 48.5 Å². The fraction of sp³-hybridized carbons (Fsp3) is 0.118. The number of hydrogen-bond donors (Lipinski definition) is 1. The van der Waals surface area contributed by atoms with Crippen molar-refractivity contribution in [2.75, 3.05) is 7.11 Å². The van der Waals surface area contributed by atoms with Gasteiger partial charge < -0.3 is 10.1 Å². The van der Waals surface area contributed by atoms with Crippen molar-refractivity contribution in [3.63, 3.8) is 0 Å². The summed E-state index contributed by atoms with van der Waals surface area (Å²) in [5, 5.41) is 2.78. The lowest BCUT2D eigenvalue weighted by atomic mass is 10.1. The van der Waals surface area contributed by atoms with Gasteiger partial charge in [-0.15, -0.1) is 0 Å². The minimum atomic E-state index is -2.04. The molecule has 6 heteroatoms. The molecule has 0 aromatic heterocycles. The molecule has 116 valence electrons. The third-order valence-electron chi connectivity index (χ3n) is 3.74. The lowest BCUT2D eigenvalue weighted by molar-refractivity contribution is -0.00230. The standard InChI is InChI=1S/C17H12ClNO4/c1-23-17(19-16(22)10-5-4-6-11(18)9-10)14(20)12-7-2-3-8-13(12)15(17)21/h2-9H,1H3,(H,19,22). The van der Waals surface area contributed by atoms with E-state index >= 15 is 0 Å². The van der Waals surface area contributed by atoms with Gasteiger partial charge in [0.15, 0.2) is 0 Å². The van der Waals surface area contributed by atoms with Crippen molar-refractivity contribution in [3.05, 3.63) is 70.2 Å². The number of amides is 1. The number of fused-ring (bicyclic) bond motifs is 1. The maximum Gasteiger partial charge on any atom is 0.270 e. The first-order valence-electron chi connectivity index (χ1n) is 6.81. The second kappa shape index (κ2) is 5.61. The molecular formula is C17H12ClNO4. The van der Waals surface area contributed by atoms with Gasteiger partial charge in [0.2, 0.25) is 11.6 Å². The lowest BCUT2D eigenvalue weighted by Gasteiger charge is -2.25. The van der Waals surface area contributed by atoms with Crippen LogP contribution in [-0.4, -0.2) is 30.3 Å². The number of Topliss-reactive ketones (excluding diaryl/α,β-unsaturated/α-hetero) is 2. The third-order valence-corrected chi connectivity index (χ3v) is 3.97. The molecule has 0 spiro atoms. The topological polar surface area (TPSA) is 72.5 Å². The van der Waals surface area contributed by atoms with Gasteiger partial charge in [0, 0.05) is 28.8 Å². The fourth-order valence-electron chi connectivity index (χ4n) is 2.57. The molecule has 0 aliphatic heterocycles. The Labute approximate surface area is 137 Å². The second-order valence-electron chi connectivity index (χ2n) is 5.05. The molecule has 0 heterocycles. The minimum absolute atomic E-state index is 0.227. The average Bonchev–Trinajstić information content (AvgIpc) is 2.77. The van der Waals surface area contributed by atoms with Crippen LogP contribution >= 0.6 is 11.6 Å². The summed E-state index contributed by atoms with van der Waals surface area (Å²) in [5.41, 5.74) is -1.36. The van der Waals surface area contributed by atoms with Gasteiger partial charge in [-0.25, -0.2) is 0 Å². The Morgan fingerprint density at radius 3 is 2.17 bits per heavy atom. The molecule has 0 saturated carbocycles. The predicted octanol–water partition coefficient (Wildman–Crippen LogP) is 2.49. The Hall–Kier alpha value is -2.50. The van der Waals surface area contributed by atoms with Crippen LogP contribution < -0.4 is 5.32 Å². The second-order valence-corrected chi connectivity index (χ2v) is 5.49. The highest BCUT2D eigenvalue weighted by molar-refractivity contribution is 6.33. The van der Waals surface area contributed by atoms with Crippen LogP contribution in [0.4, 0.5) is 0 Å². The Morgan fingerprint density at radius 1 is 1.04 bits per heavy atom. The molecule has 1 aliphatic rings. The number of methoxy groups -OCH3 is 1. The van der Waals surface area contributed by atoms with Gasteiger partial charge in [-0.05, 0) is 18.2 Å². The van der Waals surface area contributed by atoms with Crippen LogP contribution in [-0.2, 0) is 4.74 Å². The summed E-state index contributed by atoms with van der Waals surface area (Å²) in [4.78, 5) is 37.6. The number of ketones is 2. The van der Waals surface area contributed by atoms with Crippen molar-refractivity contribution in [1.29, 1.82) is 0 Å². The van der Waals surface area contributed by atoms with E-state index in [9.17, 15) is 14.4 Å². The number of carbonyl (C=O) groups excluding carboxylic acids is 3. The number of hydrogen-bond acceptors (Lipinski definition) is 4. The van der Waals surface area contributed by atoms with E-state index < -0.39 is 23.2 Å². The molecule has 3 rings (SSSR count). The third kappa shape index (κ3) is 2.34. The predicted molar refractivity (Wildman–Crippen MR) is 83.8 cm³/mol. The van der Waals surface area contributed by atoms with Gasteiger partial charge in [0.05, 0.1) is 0 Å². The van der Waals surface area contributed by atoms with Crippen LogP contribution in [0.25, 0.3) is 0 Å². The largest absolute Gasteiger partial charge is 0.346 e. The Bertz CT molecular complexity index is 796. The monoisotopic (exact) mass is 329 g/mol. The average molecular weight is 330 g/mol. The Kier molecular flexibility index (Phi) is 3.75. The van der Waals surface area contributed by atoms with Crippen LogP contribution in [0, 0.1) is 0 Å². The molecule has 0 bridgehead atoms. The summed E-state index contributed by atoms with van der Waals surface area (Å²) in [6, 6.07) is 12.5. The van der Waals surface area contributed by atoms with Crippen molar-refractivity contribution in [1.82, 2.24) is 5.32 Å². The Morgan fingerprint density at radius 2 is 1.65 bits per heavy atom. The normalized spacial score (nSPS) is 15.4. The Balaban J connectivity index is 1.99.